The van der Waals surface area contributed by atoms with Crippen molar-refractivity contribution in [3.63, 3.8) is 0 Å². The average Bonchev–Trinajstić information content (AvgIpc) is 2.27. The van der Waals surface area contributed by atoms with E-state index >= 15 is 0 Å². The second kappa shape index (κ2) is 3.41. The summed E-state index contributed by atoms with van der Waals surface area (Å²) in [6.45, 7) is 0.762. The molecule has 1 aromatic carbocycles. The van der Waals surface area contributed by atoms with Crippen LogP contribution in [0.5, 0.6) is 0 Å². The van der Waals surface area contributed by atoms with Crippen molar-refractivity contribution >= 4 is 11.4 Å². The lowest BCUT2D eigenvalue weighted by molar-refractivity contribution is 0.731. The van der Waals surface area contributed by atoms with E-state index in [1.807, 2.05) is 0 Å². The van der Waals surface area contributed by atoms with Crippen LogP contribution in [0.15, 0.2) is 34.8 Å². The molecule has 0 bridgehead atoms. The third-order valence-corrected chi connectivity index (χ3v) is 2.16. The number of rotatable bonds is 2. The van der Waals surface area contributed by atoms with Crippen LogP contribution in [0, 0.1) is 9.81 Å². The molecule has 1 aliphatic heterocycles. The molecule has 1 aliphatic rings. The molecule has 0 saturated heterocycles. The first-order valence-corrected chi connectivity index (χ1v) is 4.17. The van der Waals surface area contributed by atoms with Gasteiger partial charge >= 0.3 is 0 Å². The van der Waals surface area contributed by atoms with Gasteiger partial charge in [-0.1, -0.05) is 12.1 Å². The highest BCUT2D eigenvalue weighted by atomic mass is 16.3. The minimum Gasteiger partial charge on any atom is -0.225 e. The van der Waals surface area contributed by atoms with Crippen LogP contribution in [-0.2, 0) is 0 Å². The molecule has 14 heavy (non-hydrogen) atoms. The van der Waals surface area contributed by atoms with Crippen molar-refractivity contribution in [2.45, 2.75) is 0 Å². The Bertz CT molecular complexity index is 333. The molecule has 0 spiro atoms. The summed E-state index contributed by atoms with van der Waals surface area (Å²) in [5.74, 6) is 0. The molecule has 0 saturated carbocycles. The molecule has 0 aliphatic carbocycles. The van der Waals surface area contributed by atoms with Gasteiger partial charge in [-0.3, -0.25) is 0 Å². The van der Waals surface area contributed by atoms with Gasteiger partial charge in [-0.15, -0.1) is 9.81 Å². The third kappa shape index (κ3) is 1.20. The Morgan fingerprint density at radius 2 is 1.36 bits per heavy atom. The fraction of sp³-hybridized carbons (Fsp3) is 0.250. The van der Waals surface area contributed by atoms with Gasteiger partial charge in [0.05, 0.1) is 35.0 Å². The van der Waals surface area contributed by atoms with Crippen molar-refractivity contribution in [3.05, 3.63) is 34.1 Å². The van der Waals surface area contributed by atoms with E-state index in [1.54, 1.807) is 24.3 Å². The highest BCUT2D eigenvalue weighted by molar-refractivity contribution is 5.72. The number of fused-ring (bicyclic) bond motifs is 1. The molecule has 72 valence electrons. The molecule has 6 heteroatoms. The predicted octanol–water partition coefficient (Wildman–Crippen LogP) is 1.68. The zero-order valence-electron chi connectivity index (χ0n) is 7.33. The number of anilines is 2. The Hall–Kier alpha value is -1.98. The minimum absolute atomic E-state index is 0.381. The van der Waals surface area contributed by atoms with E-state index in [4.69, 9.17) is 0 Å². The van der Waals surface area contributed by atoms with Crippen LogP contribution in [0.25, 0.3) is 0 Å². The second-order valence-electron chi connectivity index (χ2n) is 2.90. The lowest BCUT2D eigenvalue weighted by Crippen LogP contribution is -2.35. The van der Waals surface area contributed by atoms with Gasteiger partial charge in [-0.05, 0) is 12.1 Å². The van der Waals surface area contributed by atoms with Crippen LogP contribution in [0.2, 0.25) is 0 Å². The first kappa shape index (κ1) is 8.61. The Labute approximate surface area is 80.0 Å². The number of hydrogen-bond acceptors (Lipinski definition) is 4. The first-order chi connectivity index (χ1) is 6.86. The maximum Gasteiger partial charge on any atom is 0.0881 e. The van der Waals surface area contributed by atoms with Crippen molar-refractivity contribution in [1.29, 1.82) is 0 Å². The van der Waals surface area contributed by atoms with E-state index in [-0.39, 0.29) is 0 Å². The van der Waals surface area contributed by atoms with Crippen molar-refractivity contribution in [1.82, 2.24) is 0 Å². The number of para-hydroxylation sites is 2. The summed E-state index contributed by atoms with van der Waals surface area (Å²) in [7, 11) is 0. The smallest absolute Gasteiger partial charge is 0.0881 e. The highest BCUT2D eigenvalue weighted by Crippen LogP contribution is 2.32. The van der Waals surface area contributed by atoms with Crippen molar-refractivity contribution < 1.29 is 0 Å². The Morgan fingerprint density at radius 3 is 1.71 bits per heavy atom. The summed E-state index contributed by atoms with van der Waals surface area (Å²) in [5.41, 5.74) is 1.24. The van der Waals surface area contributed by atoms with E-state index in [9.17, 15) is 9.81 Å². The van der Waals surface area contributed by atoms with Gasteiger partial charge in [-0.25, -0.2) is 10.0 Å². The van der Waals surface area contributed by atoms with Gasteiger partial charge in [0.1, 0.15) is 0 Å². The van der Waals surface area contributed by atoms with E-state index < -0.39 is 0 Å². The van der Waals surface area contributed by atoms with Crippen molar-refractivity contribution in [2.24, 2.45) is 10.6 Å². The maximum absolute atomic E-state index is 10.5. The summed E-state index contributed by atoms with van der Waals surface area (Å²) in [4.78, 5) is 20.9. The fourth-order valence-electron chi connectivity index (χ4n) is 1.50. The zero-order chi connectivity index (χ0) is 9.97. The molecule has 0 N–H and O–H groups in total. The molecule has 0 atom stereocenters. The lowest BCUT2D eigenvalue weighted by atomic mass is 10.2. The van der Waals surface area contributed by atoms with Crippen LogP contribution in [0.4, 0.5) is 11.4 Å². The van der Waals surface area contributed by atoms with Gasteiger partial charge in [0.25, 0.3) is 0 Å². The normalized spacial score (nSPS) is 14.9. The Balaban J connectivity index is 2.48. The molecular weight excluding hydrogens is 184 g/mol. The molecule has 2 rings (SSSR count). The number of nitrogens with zero attached hydrogens (tertiary/aromatic N) is 4. The quantitative estimate of drug-likeness (QED) is 0.668. The topological polar surface area (TPSA) is 65.3 Å². The van der Waals surface area contributed by atoms with Gasteiger partial charge in [0.2, 0.25) is 0 Å². The summed E-state index contributed by atoms with van der Waals surface area (Å²) in [6.07, 6.45) is 0. The standard InChI is InChI=1S/C8H8N4O2/c13-9-11-5-6-12(10-14)8-4-2-1-3-7(8)11/h1-4H,5-6H2. The zero-order valence-corrected chi connectivity index (χ0v) is 7.33. The molecule has 0 unspecified atom stereocenters. The maximum atomic E-state index is 10.5. The first-order valence-electron chi connectivity index (χ1n) is 4.17. The van der Waals surface area contributed by atoms with E-state index in [0.29, 0.717) is 24.5 Å². The average molecular weight is 192 g/mol. The largest absolute Gasteiger partial charge is 0.225 e. The molecule has 0 radical (unpaired) electrons. The monoisotopic (exact) mass is 192 g/mol. The SMILES string of the molecule is O=NN1CCN(N=O)c2ccccc21. The van der Waals surface area contributed by atoms with Gasteiger partial charge in [0, 0.05) is 0 Å². The summed E-state index contributed by atoms with van der Waals surface area (Å²) in [6, 6.07) is 7.03. The summed E-state index contributed by atoms with van der Waals surface area (Å²) in [5, 5.41) is 8.37. The van der Waals surface area contributed by atoms with Crippen LogP contribution in [-0.4, -0.2) is 13.1 Å². The lowest BCUT2D eigenvalue weighted by Gasteiger charge is -2.28. The molecule has 0 fully saturated rings. The summed E-state index contributed by atoms with van der Waals surface area (Å²) >= 11 is 0. The molecule has 6 nitrogen and oxygen atoms in total. The molecular formula is C8H8N4O2. The predicted molar refractivity (Wildman–Crippen MR) is 52.7 cm³/mol. The molecule has 1 heterocycles. The van der Waals surface area contributed by atoms with Crippen molar-refractivity contribution in [2.75, 3.05) is 23.1 Å². The van der Waals surface area contributed by atoms with Gasteiger partial charge in [-0.2, -0.15) is 0 Å². The van der Waals surface area contributed by atoms with E-state index in [1.165, 1.54) is 10.0 Å². The van der Waals surface area contributed by atoms with Gasteiger partial charge in [0.15, 0.2) is 0 Å². The fourth-order valence-corrected chi connectivity index (χ4v) is 1.50. The van der Waals surface area contributed by atoms with E-state index in [0.717, 1.165) is 0 Å². The van der Waals surface area contributed by atoms with Crippen LogP contribution < -0.4 is 10.0 Å². The highest BCUT2D eigenvalue weighted by Gasteiger charge is 2.23. The Morgan fingerprint density at radius 1 is 0.929 bits per heavy atom. The third-order valence-electron chi connectivity index (χ3n) is 2.16. The van der Waals surface area contributed by atoms with Gasteiger partial charge < -0.3 is 0 Å². The minimum atomic E-state index is 0.381. The summed E-state index contributed by atoms with van der Waals surface area (Å²) < 4.78 is 0. The Kier molecular flexibility index (Phi) is 2.10. The number of nitroso groups, excluding NO2 is 2. The van der Waals surface area contributed by atoms with Crippen LogP contribution in [0.1, 0.15) is 0 Å². The van der Waals surface area contributed by atoms with Crippen LogP contribution >= 0.6 is 0 Å². The number of hydrogen-bond donors (Lipinski definition) is 0. The van der Waals surface area contributed by atoms with Crippen molar-refractivity contribution in [3.8, 4) is 0 Å². The number of benzene rings is 1. The molecule has 0 aromatic heterocycles. The molecule has 1 aromatic rings. The van der Waals surface area contributed by atoms with E-state index in [2.05, 4.69) is 10.6 Å². The second-order valence-corrected chi connectivity index (χ2v) is 2.90. The molecule has 0 amide bonds. The van der Waals surface area contributed by atoms with Crippen LogP contribution in [0.3, 0.4) is 0 Å².